The molecule has 0 bridgehead atoms. The van der Waals surface area contributed by atoms with Crippen LogP contribution in [0.2, 0.25) is 5.02 Å². The van der Waals surface area contributed by atoms with Crippen molar-refractivity contribution in [2.24, 2.45) is 0 Å². The van der Waals surface area contributed by atoms with E-state index in [4.69, 9.17) is 11.6 Å². The van der Waals surface area contributed by atoms with Gasteiger partial charge in [-0.3, -0.25) is 14.6 Å². The number of carbonyl (C=O) groups is 2. The molecule has 0 unspecified atom stereocenters. The Morgan fingerprint density at radius 3 is 2.48 bits per heavy atom. The van der Waals surface area contributed by atoms with Crippen molar-refractivity contribution < 1.29 is 9.59 Å². The van der Waals surface area contributed by atoms with Gasteiger partial charge >= 0.3 is 11.8 Å². The van der Waals surface area contributed by atoms with Crippen LogP contribution in [0, 0.1) is 0 Å². The van der Waals surface area contributed by atoms with Crippen molar-refractivity contribution in [1.82, 2.24) is 4.98 Å². The Balaban J connectivity index is 1.77. The number of carbonyl (C=O) groups excluding carboxylic acids is 2. The van der Waals surface area contributed by atoms with Gasteiger partial charge < -0.3 is 10.6 Å². The molecule has 0 spiro atoms. The summed E-state index contributed by atoms with van der Waals surface area (Å²) in [7, 11) is 0. The normalized spacial score (nSPS) is 10.3. The first-order chi connectivity index (χ1) is 11.1. The Kier molecular flexibility index (Phi) is 4.21. The van der Waals surface area contributed by atoms with Crippen molar-refractivity contribution in [2.45, 2.75) is 0 Å². The number of hydrogen-bond donors (Lipinski definition) is 2. The molecular weight excluding hydrogens is 314 g/mol. The number of halogens is 1. The van der Waals surface area contributed by atoms with Crippen LogP contribution in [0.25, 0.3) is 10.9 Å². The van der Waals surface area contributed by atoms with Crippen LogP contribution in [0.4, 0.5) is 11.4 Å². The lowest BCUT2D eigenvalue weighted by Gasteiger charge is -2.08. The zero-order valence-electron chi connectivity index (χ0n) is 11.9. The van der Waals surface area contributed by atoms with Gasteiger partial charge in [-0.05, 0) is 30.3 Å². The van der Waals surface area contributed by atoms with E-state index in [0.717, 1.165) is 5.39 Å². The number of anilines is 2. The summed E-state index contributed by atoms with van der Waals surface area (Å²) in [6.45, 7) is 0. The molecule has 5 nitrogen and oxygen atoms in total. The average Bonchev–Trinajstić information content (AvgIpc) is 2.55. The smallest absolute Gasteiger partial charge is 0.314 e. The SMILES string of the molecule is O=C(Nc1cccc(Cl)c1)C(=O)Nc1cccc2cccnc12. The summed E-state index contributed by atoms with van der Waals surface area (Å²) in [6, 6.07) is 15.6. The molecule has 0 saturated heterocycles. The van der Waals surface area contributed by atoms with Gasteiger partial charge in [0.15, 0.2) is 0 Å². The van der Waals surface area contributed by atoms with Gasteiger partial charge in [0.2, 0.25) is 0 Å². The van der Waals surface area contributed by atoms with Gasteiger partial charge in [-0.25, -0.2) is 0 Å². The molecule has 2 aromatic carbocycles. The predicted octanol–water partition coefficient (Wildman–Crippen LogP) is 3.47. The summed E-state index contributed by atoms with van der Waals surface area (Å²) in [4.78, 5) is 28.3. The van der Waals surface area contributed by atoms with Crippen molar-refractivity contribution in [1.29, 1.82) is 0 Å². The second-order valence-corrected chi connectivity index (χ2v) is 5.24. The lowest BCUT2D eigenvalue weighted by Crippen LogP contribution is -2.29. The van der Waals surface area contributed by atoms with Crippen molar-refractivity contribution in [3.05, 3.63) is 65.8 Å². The highest BCUT2D eigenvalue weighted by molar-refractivity contribution is 6.44. The molecule has 0 aliphatic rings. The van der Waals surface area contributed by atoms with Crippen molar-refractivity contribution in [2.75, 3.05) is 10.6 Å². The van der Waals surface area contributed by atoms with Crippen LogP contribution in [0.5, 0.6) is 0 Å². The lowest BCUT2D eigenvalue weighted by atomic mass is 10.2. The number of fused-ring (bicyclic) bond motifs is 1. The Labute approximate surface area is 137 Å². The minimum atomic E-state index is -0.778. The van der Waals surface area contributed by atoms with Gasteiger partial charge in [-0.15, -0.1) is 0 Å². The maximum atomic E-state index is 12.1. The fourth-order valence-electron chi connectivity index (χ4n) is 2.14. The quantitative estimate of drug-likeness (QED) is 0.709. The minimum Gasteiger partial charge on any atom is -0.318 e. The largest absolute Gasteiger partial charge is 0.318 e. The molecule has 3 aromatic rings. The first-order valence-corrected chi connectivity index (χ1v) is 7.23. The molecule has 0 aliphatic heterocycles. The number of pyridine rings is 1. The van der Waals surface area contributed by atoms with E-state index in [1.165, 1.54) is 0 Å². The van der Waals surface area contributed by atoms with Crippen LogP contribution in [0.1, 0.15) is 0 Å². The summed E-state index contributed by atoms with van der Waals surface area (Å²) in [5.74, 6) is -1.55. The summed E-state index contributed by atoms with van der Waals surface area (Å²) in [5, 5.41) is 6.42. The summed E-state index contributed by atoms with van der Waals surface area (Å²) < 4.78 is 0. The number of benzene rings is 2. The maximum Gasteiger partial charge on any atom is 0.314 e. The Bertz CT molecular complexity index is 890. The number of hydrogen-bond acceptors (Lipinski definition) is 3. The monoisotopic (exact) mass is 325 g/mol. The van der Waals surface area contributed by atoms with E-state index >= 15 is 0 Å². The third kappa shape index (κ3) is 3.46. The standard InChI is InChI=1S/C17H12ClN3O2/c18-12-6-2-7-13(10-12)20-16(22)17(23)21-14-8-1-4-11-5-3-9-19-15(11)14/h1-10H,(H,20,22)(H,21,23). The van der Waals surface area contributed by atoms with E-state index in [1.807, 2.05) is 12.1 Å². The lowest BCUT2D eigenvalue weighted by molar-refractivity contribution is -0.132. The summed E-state index contributed by atoms with van der Waals surface area (Å²) >= 11 is 5.84. The number of nitrogens with one attached hydrogen (secondary N) is 2. The predicted molar refractivity (Wildman–Crippen MR) is 90.5 cm³/mol. The van der Waals surface area contributed by atoms with Crippen LogP contribution in [-0.2, 0) is 9.59 Å². The summed E-state index contributed by atoms with van der Waals surface area (Å²) in [6.07, 6.45) is 1.63. The van der Waals surface area contributed by atoms with E-state index in [-0.39, 0.29) is 0 Å². The van der Waals surface area contributed by atoms with Gasteiger partial charge in [-0.1, -0.05) is 35.9 Å². The molecule has 0 atom stereocenters. The highest BCUT2D eigenvalue weighted by atomic mass is 35.5. The molecule has 2 N–H and O–H groups in total. The van der Waals surface area contributed by atoms with Gasteiger partial charge in [0.1, 0.15) is 0 Å². The fraction of sp³-hybridized carbons (Fsp3) is 0. The third-order valence-electron chi connectivity index (χ3n) is 3.17. The zero-order valence-corrected chi connectivity index (χ0v) is 12.7. The van der Waals surface area contributed by atoms with Gasteiger partial charge in [0, 0.05) is 22.3 Å². The van der Waals surface area contributed by atoms with Crippen LogP contribution < -0.4 is 10.6 Å². The number of para-hydroxylation sites is 1. The summed E-state index contributed by atoms with van der Waals surface area (Å²) in [5.41, 5.74) is 1.56. The van der Waals surface area contributed by atoms with Gasteiger partial charge in [0.25, 0.3) is 0 Å². The van der Waals surface area contributed by atoms with E-state index in [2.05, 4.69) is 15.6 Å². The van der Waals surface area contributed by atoms with Gasteiger partial charge in [-0.2, -0.15) is 0 Å². The number of rotatable bonds is 2. The van der Waals surface area contributed by atoms with Crippen molar-refractivity contribution >= 4 is 45.7 Å². The molecule has 3 rings (SSSR count). The Hall–Kier alpha value is -2.92. The molecule has 1 aromatic heterocycles. The number of aromatic nitrogens is 1. The fourth-order valence-corrected chi connectivity index (χ4v) is 2.33. The number of amides is 2. The van der Waals surface area contributed by atoms with Crippen LogP contribution >= 0.6 is 11.6 Å². The van der Waals surface area contributed by atoms with Crippen LogP contribution in [-0.4, -0.2) is 16.8 Å². The molecule has 6 heteroatoms. The van der Waals surface area contributed by atoms with Crippen LogP contribution in [0.15, 0.2) is 60.8 Å². The zero-order chi connectivity index (χ0) is 16.2. The first kappa shape index (κ1) is 15.0. The molecule has 1 heterocycles. The second kappa shape index (κ2) is 6.46. The molecule has 0 aliphatic carbocycles. The Morgan fingerprint density at radius 1 is 0.913 bits per heavy atom. The highest BCUT2D eigenvalue weighted by Gasteiger charge is 2.15. The second-order valence-electron chi connectivity index (χ2n) is 4.80. The first-order valence-electron chi connectivity index (χ1n) is 6.85. The van der Waals surface area contributed by atoms with E-state index in [9.17, 15) is 9.59 Å². The minimum absolute atomic E-state index is 0.452. The molecule has 23 heavy (non-hydrogen) atoms. The van der Waals surface area contributed by atoms with E-state index in [1.54, 1.807) is 48.7 Å². The van der Waals surface area contributed by atoms with E-state index in [0.29, 0.717) is 21.9 Å². The van der Waals surface area contributed by atoms with Crippen molar-refractivity contribution in [3.63, 3.8) is 0 Å². The van der Waals surface area contributed by atoms with Crippen molar-refractivity contribution in [3.8, 4) is 0 Å². The molecular formula is C17H12ClN3O2. The van der Waals surface area contributed by atoms with Gasteiger partial charge in [0.05, 0.1) is 11.2 Å². The number of nitrogens with zero attached hydrogens (tertiary/aromatic N) is 1. The highest BCUT2D eigenvalue weighted by Crippen LogP contribution is 2.20. The van der Waals surface area contributed by atoms with Crippen LogP contribution in [0.3, 0.4) is 0 Å². The Morgan fingerprint density at radius 2 is 1.65 bits per heavy atom. The molecule has 0 saturated carbocycles. The van der Waals surface area contributed by atoms with E-state index < -0.39 is 11.8 Å². The topological polar surface area (TPSA) is 71.1 Å². The molecule has 114 valence electrons. The maximum absolute atomic E-state index is 12.1. The average molecular weight is 326 g/mol. The molecule has 0 radical (unpaired) electrons. The molecule has 2 amide bonds. The molecule has 0 fully saturated rings. The third-order valence-corrected chi connectivity index (χ3v) is 3.40.